The molecule has 0 heterocycles. The zero-order chi connectivity index (χ0) is 27.0. The summed E-state index contributed by atoms with van der Waals surface area (Å²) < 4.78 is 28.4. The van der Waals surface area contributed by atoms with E-state index in [1.165, 1.54) is 19.0 Å². The predicted octanol–water partition coefficient (Wildman–Crippen LogP) is 4.33. The minimum absolute atomic E-state index is 0.0484. The second-order valence-electron chi connectivity index (χ2n) is 8.64. The van der Waals surface area contributed by atoms with E-state index in [-0.39, 0.29) is 18.5 Å². The minimum atomic E-state index is -4.00. The Kier molecular flexibility index (Phi) is 11.0. The van der Waals surface area contributed by atoms with Crippen molar-refractivity contribution in [1.82, 2.24) is 14.5 Å². The normalized spacial score (nSPS) is 13.2. The smallest absolute Gasteiger partial charge is 0.304 e. The fourth-order valence-corrected chi connectivity index (χ4v) is 4.88. The van der Waals surface area contributed by atoms with Crippen LogP contribution >= 0.6 is 23.2 Å². The van der Waals surface area contributed by atoms with Crippen molar-refractivity contribution in [2.24, 2.45) is 0 Å². The van der Waals surface area contributed by atoms with Crippen LogP contribution in [0.25, 0.3) is 0 Å². The number of hydrogen-bond donors (Lipinski definition) is 1. The largest absolute Gasteiger partial charge is 0.352 e. The topological polar surface area (TPSA) is 90.0 Å². The number of amides is 2. The molecule has 8 nitrogen and oxygen atoms in total. The van der Waals surface area contributed by atoms with E-state index in [1.54, 1.807) is 48.5 Å². The predicted molar refractivity (Wildman–Crippen MR) is 145 cm³/mol. The van der Waals surface area contributed by atoms with Crippen LogP contribution in [0.5, 0.6) is 0 Å². The van der Waals surface area contributed by atoms with Crippen LogP contribution in [0.1, 0.15) is 39.2 Å². The van der Waals surface area contributed by atoms with E-state index in [4.69, 9.17) is 23.2 Å². The van der Waals surface area contributed by atoms with Crippen LogP contribution in [0.15, 0.2) is 48.5 Å². The maximum atomic E-state index is 13.8. The first-order chi connectivity index (χ1) is 16.9. The van der Waals surface area contributed by atoms with Gasteiger partial charge in [0, 0.05) is 26.7 Å². The van der Waals surface area contributed by atoms with Gasteiger partial charge in [-0.3, -0.25) is 9.59 Å². The van der Waals surface area contributed by atoms with Gasteiger partial charge in [-0.05, 0) is 49.6 Å². The number of carbonyl (C=O) groups excluding carboxylic acids is 2. The Morgan fingerprint density at radius 1 is 0.972 bits per heavy atom. The van der Waals surface area contributed by atoms with Gasteiger partial charge in [0.1, 0.15) is 12.6 Å². The lowest BCUT2D eigenvalue weighted by atomic mass is 10.1. The zero-order valence-corrected chi connectivity index (χ0v) is 23.6. The summed E-state index contributed by atoms with van der Waals surface area (Å²) in [6.45, 7) is 5.21. The van der Waals surface area contributed by atoms with Gasteiger partial charge in [0.2, 0.25) is 11.8 Å². The number of rotatable bonds is 12. The summed E-state index contributed by atoms with van der Waals surface area (Å²) in [6, 6.07) is 12.5. The summed E-state index contributed by atoms with van der Waals surface area (Å²) in [5, 5.41) is 3.62. The number of anilines is 1. The molecule has 36 heavy (non-hydrogen) atoms. The third-order valence-corrected chi connectivity index (χ3v) is 8.35. The van der Waals surface area contributed by atoms with Crippen LogP contribution in [-0.2, 0) is 26.3 Å². The Hall–Kier alpha value is -2.33. The van der Waals surface area contributed by atoms with Gasteiger partial charge in [0.25, 0.3) is 0 Å². The first kappa shape index (κ1) is 29.9. The van der Waals surface area contributed by atoms with Gasteiger partial charge in [-0.1, -0.05) is 61.3 Å². The van der Waals surface area contributed by atoms with Crippen LogP contribution in [-0.4, -0.2) is 62.2 Å². The molecule has 2 amide bonds. The van der Waals surface area contributed by atoms with Crippen LogP contribution in [0.3, 0.4) is 0 Å². The highest BCUT2D eigenvalue weighted by Gasteiger charge is 2.34. The molecule has 0 spiro atoms. The van der Waals surface area contributed by atoms with Crippen LogP contribution < -0.4 is 9.62 Å². The quantitative estimate of drug-likeness (QED) is 0.421. The highest BCUT2D eigenvalue weighted by atomic mass is 35.5. The second-order valence-corrected chi connectivity index (χ2v) is 11.5. The van der Waals surface area contributed by atoms with E-state index in [1.807, 2.05) is 20.8 Å². The third-order valence-electron chi connectivity index (χ3n) is 5.79. The summed E-state index contributed by atoms with van der Waals surface area (Å²) in [5.41, 5.74) is 1.00. The van der Waals surface area contributed by atoms with Crippen molar-refractivity contribution in [1.29, 1.82) is 0 Å². The average Bonchev–Trinajstić information content (AvgIpc) is 2.84. The maximum absolute atomic E-state index is 13.8. The lowest BCUT2D eigenvalue weighted by Gasteiger charge is -2.34. The highest BCUT2D eigenvalue weighted by Crippen LogP contribution is 2.25. The summed E-state index contributed by atoms with van der Waals surface area (Å²) in [4.78, 5) is 28.3. The Morgan fingerprint density at radius 3 is 2.14 bits per heavy atom. The Bertz CT molecular complexity index is 1150. The van der Waals surface area contributed by atoms with Crippen molar-refractivity contribution in [2.75, 3.05) is 24.9 Å². The molecule has 0 aliphatic carbocycles. The molecule has 0 aliphatic heterocycles. The van der Waals surface area contributed by atoms with Crippen molar-refractivity contribution in [2.45, 2.75) is 52.2 Å². The molecule has 11 heteroatoms. The maximum Gasteiger partial charge on any atom is 0.304 e. The van der Waals surface area contributed by atoms with E-state index in [9.17, 15) is 18.0 Å². The van der Waals surface area contributed by atoms with Crippen molar-refractivity contribution in [3.8, 4) is 0 Å². The molecule has 0 radical (unpaired) electrons. The van der Waals surface area contributed by atoms with Gasteiger partial charge in [-0.25, -0.2) is 4.31 Å². The van der Waals surface area contributed by atoms with Gasteiger partial charge in [-0.15, -0.1) is 0 Å². The monoisotopic (exact) mass is 556 g/mol. The fraction of sp³-hybridized carbons (Fsp3) is 0.440. The molecule has 2 aromatic rings. The highest BCUT2D eigenvalue weighted by molar-refractivity contribution is 7.90. The van der Waals surface area contributed by atoms with Crippen LogP contribution in [0.2, 0.25) is 10.0 Å². The first-order valence-electron chi connectivity index (χ1n) is 11.7. The van der Waals surface area contributed by atoms with Gasteiger partial charge in [0.05, 0.1) is 15.7 Å². The summed E-state index contributed by atoms with van der Waals surface area (Å²) in [7, 11) is -1.20. The number of carbonyl (C=O) groups is 2. The SMILES string of the molecule is CC[C@H](C)NC(=O)[C@H](CC)N(Cc1ccc(Cl)c(Cl)c1)C(=O)CN(c1ccccc1)S(=O)(=O)N(C)C. The minimum Gasteiger partial charge on any atom is -0.352 e. The molecule has 0 saturated heterocycles. The number of nitrogens with zero attached hydrogens (tertiary/aromatic N) is 3. The van der Waals surface area contributed by atoms with E-state index < -0.39 is 28.7 Å². The fourth-order valence-electron chi connectivity index (χ4n) is 3.51. The Morgan fingerprint density at radius 2 is 1.61 bits per heavy atom. The molecule has 0 fully saturated rings. The molecule has 198 valence electrons. The molecular weight excluding hydrogens is 523 g/mol. The number of halogens is 2. The average molecular weight is 558 g/mol. The van der Waals surface area contributed by atoms with Crippen LogP contribution in [0.4, 0.5) is 5.69 Å². The van der Waals surface area contributed by atoms with Crippen molar-refractivity contribution in [3.63, 3.8) is 0 Å². The van der Waals surface area contributed by atoms with Gasteiger partial charge < -0.3 is 10.2 Å². The second kappa shape index (κ2) is 13.3. The molecule has 0 bridgehead atoms. The molecule has 0 aromatic heterocycles. The van der Waals surface area contributed by atoms with Crippen molar-refractivity contribution >= 4 is 50.9 Å². The van der Waals surface area contributed by atoms with Crippen molar-refractivity contribution < 1.29 is 18.0 Å². The molecule has 2 atom stereocenters. The number of nitrogens with one attached hydrogen (secondary N) is 1. The van der Waals surface area contributed by atoms with Crippen LogP contribution in [0, 0.1) is 0 Å². The van der Waals surface area contributed by atoms with Crippen molar-refractivity contribution in [3.05, 3.63) is 64.1 Å². The molecule has 0 unspecified atom stereocenters. The lowest BCUT2D eigenvalue weighted by Crippen LogP contribution is -2.54. The third kappa shape index (κ3) is 7.59. The Balaban J connectivity index is 2.50. The molecular formula is C25H34Cl2N4O4S. The van der Waals surface area contributed by atoms with Gasteiger partial charge in [-0.2, -0.15) is 12.7 Å². The summed E-state index contributed by atoms with van der Waals surface area (Å²) in [5.74, 6) is -0.830. The standard InChI is InChI=1S/C25H34Cl2N4O4S/c1-6-18(3)28-25(33)23(7-2)30(16-19-13-14-21(26)22(27)15-19)24(32)17-31(36(34,35)29(4)5)20-11-9-8-10-12-20/h8-15,18,23H,6-7,16-17H2,1-5H3,(H,28,33)/t18-,23-/m0/s1. The summed E-state index contributed by atoms with van der Waals surface area (Å²) >= 11 is 12.2. The van der Waals surface area contributed by atoms with E-state index in [0.717, 1.165) is 15.0 Å². The molecule has 0 aliphatic rings. The number of hydrogen-bond acceptors (Lipinski definition) is 4. The summed E-state index contributed by atoms with van der Waals surface area (Å²) in [6.07, 6.45) is 1.06. The number of benzene rings is 2. The number of para-hydroxylation sites is 1. The van der Waals surface area contributed by atoms with Gasteiger partial charge in [0.15, 0.2) is 0 Å². The molecule has 0 saturated carbocycles. The molecule has 2 aromatic carbocycles. The van der Waals surface area contributed by atoms with Gasteiger partial charge >= 0.3 is 10.2 Å². The molecule has 2 rings (SSSR count). The van der Waals surface area contributed by atoms with E-state index in [2.05, 4.69) is 5.32 Å². The first-order valence-corrected chi connectivity index (χ1v) is 13.9. The Labute approximate surface area is 224 Å². The zero-order valence-electron chi connectivity index (χ0n) is 21.2. The lowest BCUT2D eigenvalue weighted by molar-refractivity contribution is -0.140. The van der Waals surface area contributed by atoms with E-state index >= 15 is 0 Å². The molecule has 1 N–H and O–H groups in total. The van der Waals surface area contributed by atoms with E-state index in [0.29, 0.717) is 27.7 Å².